The van der Waals surface area contributed by atoms with Crippen molar-refractivity contribution < 1.29 is 4.79 Å². The van der Waals surface area contributed by atoms with E-state index in [9.17, 15) is 4.79 Å². The van der Waals surface area contributed by atoms with Crippen LogP contribution in [0.25, 0.3) is 0 Å². The second-order valence-corrected chi connectivity index (χ2v) is 6.31. The van der Waals surface area contributed by atoms with Gasteiger partial charge in [0.15, 0.2) is 0 Å². The molecule has 1 amide bonds. The number of aromatic nitrogens is 3. The largest absolute Gasteiger partial charge is 0.342 e. The third-order valence-electron chi connectivity index (χ3n) is 4.79. The molecule has 2 aliphatic rings. The van der Waals surface area contributed by atoms with Gasteiger partial charge in [-0.15, -0.1) is 5.10 Å². The van der Waals surface area contributed by atoms with Crippen LogP contribution in [-0.2, 0) is 6.42 Å². The Morgan fingerprint density at radius 3 is 3.09 bits per heavy atom. The fourth-order valence-corrected chi connectivity index (χ4v) is 3.54. The van der Waals surface area contributed by atoms with Crippen molar-refractivity contribution in [3.8, 4) is 0 Å². The molecule has 0 bridgehead atoms. The summed E-state index contributed by atoms with van der Waals surface area (Å²) < 4.78 is 1.82. The van der Waals surface area contributed by atoms with Crippen LogP contribution >= 0.6 is 0 Å². The minimum absolute atomic E-state index is 0.0713. The summed E-state index contributed by atoms with van der Waals surface area (Å²) >= 11 is 0. The lowest BCUT2D eigenvalue weighted by molar-refractivity contribution is 0.0925. The van der Waals surface area contributed by atoms with Gasteiger partial charge in [0.25, 0.3) is 5.91 Å². The number of rotatable bonds is 3. The molecule has 0 spiro atoms. The Balaban J connectivity index is 1.45. The van der Waals surface area contributed by atoms with E-state index in [-0.39, 0.29) is 17.8 Å². The highest BCUT2D eigenvalue weighted by atomic mass is 16.2. The molecular weight excluding hydrogens is 290 g/mol. The molecule has 1 saturated heterocycles. The smallest absolute Gasteiger partial charge is 0.291 e. The van der Waals surface area contributed by atoms with Crippen molar-refractivity contribution in [1.82, 2.24) is 25.4 Å². The lowest BCUT2D eigenvalue weighted by Gasteiger charge is -2.22. The van der Waals surface area contributed by atoms with Crippen molar-refractivity contribution in [1.29, 1.82) is 0 Å². The highest BCUT2D eigenvalue weighted by molar-refractivity contribution is 5.90. The molecule has 1 aromatic heterocycles. The van der Waals surface area contributed by atoms with Gasteiger partial charge < -0.3 is 10.6 Å². The highest BCUT2D eigenvalue weighted by Crippen LogP contribution is 2.30. The van der Waals surface area contributed by atoms with Crippen LogP contribution in [-0.4, -0.2) is 33.8 Å². The van der Waals surface area contributed by atoms with Crippen molar-refractivity contribution in [3.05, 3.63) is 47.5 Å². The number of carbonyl (C=O) groups is 1. The van der Waals surface area contributed by atoms with Crippen molar-refractivity contribution in [2.24, 2.45) is 0 Å². The van der Waals surface area contributed by atoms with E-state index < -0.39 is 0 Å². The Kier molecular flexibility index (Phi) is 3.83. The Bertz CT molecular complexity index is 705. The number of nitrogens with zero attached hydrogens (tertiary/aromatic N) is 3. The molecule has 0 unspecified atom stereocenters. The lowest BCUT2D eigenvalue weighted by Crippen LogP contribution is -2.32. The molecule has 0 radical (unpaired) electrons. The van der Waals surface area contributed by atoms with Crippen LogP contribution in [0.15, 0.2) is 30.6 Å². The van der Waals surface area contributed by atoms with Gasteiger partial charge in [-0.2, -0.15) is 0 Å². The van der Waals surface area contributed by atoms with Crippen molar-refractivity contribution >= 4 is 5.91 Å². The van der Waals surface area contributed by atoms with Gasteiger partial charge >= 0.3 is 0 Å². The number of hydrogen-bond donors (Lipinski definition) is 2. The zero-order chi connectivity index (χ0) is 15.6. The third-order valence-corrected chi connectivity index (χ3v) is 4.79. The van der Waals surface area contributed by atoms with Gasteiger partial charge in [0.1, 0.15) is 6.33 Å². The summed E-state index contributed by atoms with van der Waals surface area (Å²) in [4.78, 5) is 16.6. The van der Waals surface area contributed by atoms with Gasteiger partial charge in [0.2, 0.25) is 5.82 Å². The van der Waals surface area contributed by atoms with Crippen molar-refractivity contribution in [2.75, 3.05) is 13.1 Å². The summed E-state index contributed by atoms with van der Waals surface area (Å²) in [7, 11) is 0. The Labute approximate surface area is 135 Å². The highest BCUT2D eigenvalue weighted by Gasteiger charge is 2.25. The van der Waals surface area contributed by atoms with E-state index in [1.807, 2.05) is 16.8 Å². The van der Waals surface area contributed by atoms with Crippen LogP contribution in [0, 0.1) is 0 Å². The van der Waals surface area contributed by atoms with Crippen LogP contribution in [0.2, 0.25) is 0 Å². The molecule has 6 nitrogen and oxygen atoms in total. The Morgan fingerprint density at radius 1 is 1.30 bits per heavy atom. The number of fused-ring (bicyclic) bond motifs is 1. The second kappa shape index (κ2) is 6.12. The summed E-state index contributed by atoms with van der Waals surface area (Å²) in [5, 5.41) is 10.8. The number of nitrogens with one attached hydrogen (secondary N) is 2. The summed E-state index contributed by atoms with van der Waals surface area (Å²) in [5.74, 6) is 0.0779. The summed E-state index contributed by atoms with van der Waals surface area (Å²) in [5.41, 5.74) is 2.54. The van der Waals surface area contributed by atoms with Gasteiger partial charge in [0.05, 0.1) is 12.1 Å². The van der Waals surface area contributed by atoms with E-state index in [0.717, 1.165) is 38.8 Å². The monoisotopic (exact) mass is 311 g/mol. The van der Waals surface area contributed by atoms with Crippen LogP contribution in [0.3, 0.4) is 0 Å². The van der Waals surface area contributed by atoms with E-state index in [4.69, 9.17) is 0 Å². The normalized spacial score (nSPS) is 23.5. The fraction of sp³-hybridized carbons (Fsp3) is 0.471. The van der Waals surface area contributed by atoms with Crippen LogP contribution in [0.5, 0.6) is 0 Å². The minimum atomic E-state index is -0.186. The predicted octanol–water partition coefficient (Wildman–Crippen LogP) is 1.62. The summed E-state index contributed by atoms with van der Waals surface area (Å²) in [6.45, 7) is 1.94. The molecule has 1 aliphatic heterocycles. The number of benzene rings is 1. The molecule has 2 aromatic rings. The topological polar surface area (TPSA) is 71.8 Å². The van der Waals surface area contributed by atoms with E-state index in [0.29, 0.717) is 6.04 Å². The first kappa shape index (κ1) is 14.4. The molecule has 2 N–H and O–H groups in total. The quantitative estimate of drug-likeness (QED) is 0.903. The maximum atomic E-state index is 12.4. The minimum Gasteiger partial charge on any atom is -0.342 e. The summed E-state index contributed by atoms with van der Waals surface area (Å²) in [6, 6.07) is 8.65. The van der Waals surface area contributed by atoms with E-state index >= 15 is 0 Å². The van der Waals surface area contributed by atoms with Crippen molar-refractivity contribution in [2.45, 2.75) is 37.8 Å². The lowest BCUT2D eigenvalue weighted by atomic mass is 10.1. The number of amides is 1. The molecule has 6 heteroatoms. The molecule has 1 aromatic carbocycles. The average Bonchev–Trinajstić information content (AvgIpc) is 3.24. The van der Waals surface area contributed by atoms with Gasteiger partial charge in [0, 0.05) is 6.54 Å². The van der Waals surface area contributed by atoms with Crippen LogP contribution in [0.4, 0.5) is 0 Å². The third kappa shape index (κ3) is 2.86. The van der Waals surface area contributed by atoms with E-state index in [1.54, 1.807) is 6.33 Å². The summed E-state index contributed by atoms with van der Waals surface area (Å²) in [6.07, 6.45) is 5.84. The molecule has 0 saturated carbocycles. The fourth-order valence-electron chi connectivity index (χ4n) is 3.54. The maximum Gasteiger partial charge on any atom is 0.291 e. The maximum absolute atomic E-state index is 12.4. The van der Waals surface area contributed by atoms with Gasteiger partial charge in [-0.05, 0) is 43.4 Å². The first-order chi connectivity index (χ1) is 11.3. The van der Waals surface area contributed by atoms with E-state index in [1.165, 1.54) is 11.1 Å². The second-order valence-electron chi connectivity index (χ2n) is 6.31. The van der Waals surface area contributed by atoms with Crippen LogP contribution in [0.1, 0.15) is 53.1 Å². The van der Waals surface area contributed by atoms with Crippen molar-refractivity contribution in [3.63, 3.8) is 0 Å². The molecular formula is C17H21N5O. The average molecular weight is 311 g/mol. The Morgan fingerprint density at radius 2 is 2.22 bits per heavy atom. The predicted molar refractivity (Wildman–Crippen MR) is 86.1 cm³/mol. The first-order valence-electron chi connectivity index (χ1n) is 8.32. The first-order valence-corrected chi connectivity index (χ1v) is 8.32. The molecule has 23 heavy (non-hydrogen) atoms. The molecule has 4 rings (SSSR count). The molecule has 1 fully saturated rings. The number of aryl methyl sites for hydroxylation is 1. The number of carbonyl (C=O) groups excluding carboxylic acids is 1. The van der Waals surface area contributed by atoms with E-state index in [2.05, 4.69) is 32.8 Å². The van der Waals surface area contributed by atoms with Crippen LogP contribution < -0.4 is 10.6 Å². The Hall–Kier alpha value is -2.21. The molecule has 2 heterocycles. The van der Waals surface area contributed by atoms with Gasteiger partial charge in [-0.3, -0.25) is 4.79 Å². The number of piperidine rings is 1. The van der Waals surface area contributed by atoms with Gasteiger partial charge in [-0.1, -0.05) is 24.3 Å². The molecule has 1 aliphatic carbocycles. The zero-order valence-electron chi connectivity index (χ0n) is 13.0. The molecule has 2 atom stereocenters. The SMILES string of the molecule is O=C(N[C@@H]1CCc2ccccc21)c1ncn([C@H]2CCCNC2)n1. The molecule has 120 valence electrons. The van der Waals surface area contributed by atoms with Gasteiger partial charge in [-0.25, -0.2) is 9.67 Å². The number of hydrogen-bond acceptors (Lipinski definition) is 4. The standard InChI is InChI=1S/C17H21N5O/c23-17(20-15-8-7-12-4-1-2-6-14(12)15)16-19-11-22(21-16)13-5-3-9-18-10-13/h1-2,4,6,11,13,15,18H,3,5,7-10H2,(H,20,23)/t13-,15+/m0/s1. The zero-order valence-corrected chi connectivity index (χ0v) is 13.0.